The minimum Gasteiger partial charge on any atom is -0.360 e. The number of nitrogens with one attached hydrogen (secondary N) is 3. The van der Waals surface area contributed by atoms with Gasteiger partial charge in [0, 0.05) is 36.0 Å². The minimum atomic E-state index is -0.781. The molecule has 0 fully saturated rings. The average molecular weight is 524 g/mol. The number of amides is 2. The molecule has 7 nitrogen and oxygen atoms in total. The Kier molecular flexibility index (Phi) is 9.58. The lowest BCUT2D eigenvalue weighted by Gasteiger charge is -2.21. The Morgan fingerprint density at radius 3 is 2.10 bits per heavy atom. The molecule has 0 saturated carbocycles. The van der Waals surface area contributed by atoms with Crippen LogP contribution < -0.4 is 10.6 Å². The first-order valence-electron chi connectivity index (χ1n) is 12.2. The summed E-state index contributed by atoms with van der Waals surface area (Å²) in [6, 6.07) is 15.2. The first-order valence-corrected chi connectivity index (χ1v) is 12.2. The van der Waals surface area contributed by atoms with E-state index in [4.69, 9.17) is 18.3 Å². The fourth-order valence-electron chi connectivity index (χ4n) is 3.77. The maximum absolute atomic E-state index is 15.0. The van der Waals surface area contributed by atoms with Crippen molar-refractivity contribution in [2.24, 2.45) is 0 Å². The Balaban J connectivity index is 1.78. The fourth-order valence-corrected chi connectivity index (χ4v) is 3.77. The van der Waals surface area contributed by atoms with E-state index in [9.17, 15) is 9.59 Å². The standard InChI is InChI=1S/C31H30FN5O2/c1-6-21-9-13-24(14-10-21)34-31(39)26-19-22(7-2)11-16-28(26)35-30(38)25-15-12-23(20-27(25)32)29(33)37(5)18-8-17-36(3)4/h1-2,9-16,19-20,33H,8,17-18H2,3-5H3,(H,34,39)(H,35,38). The van der Waals surface area contributed by atoms with Gasteiger partial charge in [0.15, 0.2) is 0 Å². The van der Waals surface area contributed by atoms with E-state index in [0.29, 0.717) is 28.9 Å². The topological polar surface area (TPSA) is 88.5 Å². The normalized spacial score (nSPS) is 10.3. The van der Waals surface area contributed by atoms with E-state index < -0.39 is 17.6 Å². The molecule has 2 amide bonds. The first-order chi connectivity index (χ1) is 18.6. The monoisotopic (exact) mass is 523 g/mol. The predicted molar refractivity (Wildman–Crippen MR) is 154 cm³/mol. The number of benzene rings is 3. The number of hydrogen-bond acceptors (Lipinski definition) is 4. The van der Waals surface area contributed by atoms with Crippen molar-refractivity contribution in [2.45, 2.75) is 6.42 Å². The van der Waals surface area contributed by atoms with Gasteiger partial charge in [-0.1, -0.05) is 17.9 Å². The van der Waals surface area contributed by atoms with Crippen molar-refractivity contribution in [1.82, 2.24) is 9.80 Å². The number of hydrogen-bond donors (Lipinski definition) is 3. The summed E-state index contributed by atoms with van der Waals surface area (Å²) in [6.45, 7) is 1.50. The quantitative estimate of drug-likeness (QED) is 0.219. The number of nitrogens with zero attached hydrogens (tertiary/aromatic N) is 2. The Bertz CT molecular complexity index is 1470. The molecule has 0 atom stereocenters. The van der Waals surface area contributed by atoms with Crippen LogP contribution in [0.2, 0.25) is 0 Å². The van der Waals surface area contributed by atoms with Crippen molar-refractivity contribution in [3.8, 4) is 24.7 Å². The number of rotatable bonds is 9. The summed E-state index contributed by atoms with van der Waals surface area (Å²) in [7, 11) is 5.72. The molecule has 0 aliphatic carbocycles. The van der Waals surface area contributed by atoms with Crippen LogP contribution in [0, 0.1) is 35.9 Å². The van der Waals surface area contributed by atoms with Crippen LogP contribution in [0.3, 0.4) is 0 Å². The number of carbonyl (C=O) groups excluding carboxylic acids is 2. The zero-order chi connectivity index (χ0) is 28.5. The van der Waals surface area contributed by atoms with Crippen molar-refractivity contribution >= 4 is 29.0 Å². The van der Waals surface area contributed by atoms with Crippen LogP contribution >= 0.6 is 0 Å². The summed E-state index contributed by atoms with van der Waals surface area (Å²) in [5, 5.41) is 13.7. The zero-order valence-corrected chi connectivity index (χ0v) is 22.1. The molecule has 0 spiro atoms. The van der Waals surface area contributed by atoms with Gasteiger partial charge in [-0.05, 0) is 81.7 Å². The van der Waals surface area contributed by atoms with Gasteiger partial charge in [0.05, 0.1) is 16.8 Å². The van der Waals surface area contributed by atoms with E-state index in [1.54, 1.807) is 42.3 Å². The lowest BCUT2D eigenvalue weighted by molar-refractivity contribution is 0.102. The number of halogens is 1. The molecular formula is C31H30FN5O2. The van der Waals surface area contributed by atoms with Gasteiger partial charge in [-0.15, -0.1) is 12.8 Å². The van der Waals surface area contributed by atoms with Gasteiger partial charge >= 0.3 is 0 Å². The molecule has 3 rings (SSSR count). The molecule has 0 heterocycles. The largest absolute Gasteiger partial charge is 0.360 e. The molecule has 0 bridgehead atoms. The van der Waals surface area contributed by atoms with E-state index in [-0.39, 0.29) is 22.6 Å². The first kappa shape index (κ1) is 28.6. The molecule has 0 aliphatic heterocycles. The molecule has 0 saturated heterocycles. The molecule has 8 heteroatoms. The molecule has 0 aliphatic rings. The molecule has 3 aromatic carbocycles. The highest BCUT2D eigenvalue weighted by molar-refractivity contribution is 6.13. The zero-order valence-electron chi connectivity index (χ0n) is 22.1. The SMILES string of the molecule is C#Cc1ccc(NC(=O)c2cc(C#C)ccc2NC(=O)c2ccc(C(=N)N(C)CCCN(C)C)cc2F)cc1. The van der Waals surface area contributed by atoms with Crippen molar-refractivity contribution in [3.63, 3.8) is 0 Å². The summed E-state index contributed by atoms with van der Waals surface area (Å²) in [4.78, 5) is 29.8. The molecule has 3 N–H and O–H groups in total. The van der Waals surface area contributed by atoms with E-state index >= 15 is 4.39 Å². The third-order valence-corrected chi connectivity index (χ3v) is 5.96. The third kappa shape index (κ3) is 7.54. The van der Waals surface area contributed by atoms with Gasteiger partial charge in [0.2, 0.25) is 0 Å². The highest BCUT2D eigenvalue weighted by Gasteiger charge is 2.19. The molecule has 3 aromatic rings. The van der Waals surface area contributed by atoms with Gasteiger partial charge in [-0.3, -0.25) is 15.0 Å². The lowest BCUT2D eigenvalue weighted by Crippen LogP contribution is -2.30. The van der Waals surface area contributed by atoms with Crippen molar-refractivity contribution in [3.05, 3.63) is 94.3 Å². The van der Waals surface area contributed by atoms with E-state index in [1.165, 1.54) is 24.3 Å². The van der Waals surface area contributed by atoms with Crippen molar-refractivity contribution < 1.29 is 14.0 Å². The van der Waals surface area contributed by atoms with Crippen LogP contribution in [-0.4, -0.2) is 61.7 Å². The summed E-state index contributed by atoms with van der Waals surface area (Å²) in [5.41, 5.74) is 1.99. The molecule has 0 aromatic heterocycles. The fraction of sp³-hybridized carbons (Fsp3) is 0.194. The number of terminal acetylenes is 2. The second-order valence-electron chi connectivity index (χ2n) is 9.16. The Labute approximate surface area is 228 Å². The molecular weight excluding hydrogens is 493 g/mol. The Hall–Kier alpha value is -4.92. The maximum atomic E-state index is 15.0. The van der Waals surface area contributed by atoms with Crippen LogP contribution in [0.1, 0.15) is 43.8 Å². The van der Waals surface area contributed by atoms with Crippen LogP contribution in [0.25, 0.3) is 0 Å². The number of amidine groups is 1. The van der Waals surface area contributed by atoms with Crippen LogP contribution in [0.15, 0.2) is 60.7 Å². The van der Waals surface area contributed by atoms with E-state index in [0.717, 1.165) is 19.0 Å². The van der Waals surface area contributed by atoms with E-state index in [1.807, 2.05) is 14.1 Å². The minimum absolute atomic E-state index is 0.109. The molecule has 0 radical (unpaired) electrons. The molecule has 198 valence electrons. The Morgan fingerprint density at radius 1 is 0.846 bits per heavy atom. The van der Waals surface area contributed by atoms with Crippen molar-refractivity contribution in [2.75, 3.05) is 44.9 Å². The van der Waals surface area contributed by atoms with Gasteiger partial charge in [-0.25, -0.2) is 4.39 Å². The maximum Gasteiger partial charge on any atom is 0.258 e. The van der Waals surface area contributed by atoms with E-state index in [2.05, 4.69) is 27.4 Å². The average Bonchev–Trinajstić information content (AvgIpc) is 2.92. The molecule has 0 unspecified atom stereocenters. The van der Waals surface area contributed by atoms with Gasteiger partial charge < -0.3 is 20.4 Å². The summed E-state index contributed by atoms with van der Waals surface area (Å²) >= 11 is 0. The van der Waals surface area contributed by atoms with Gasteiger partial charge in [-0.2, -0.15) is 0 Å². The lowest BCUT2D eigenvalue weighted by atomic mass is 10.1. The highest BCUT2D eigenvalue weighted by Crippen LogP contribution is 2.22. The summed E-state index contributed by atoms with van der Waals surface area (Å²) < 4.78 is 15.0. The Morgan fingerprint density at radius 2 is 1.49 bits per heavy atom. The highest BCUT2D eigenvalue weighted by atomic mass is 19.1. The van der Waals surface area contributed by atoms with Crippen LogP contribution in [-0.2, 0) is 0 Å². The van der Waals surface area contributed by atoms with Crippen LogP contribution in [0.5, 0.6) is 0 Å². The second-order valence-corrected chi connectivity index (χ2v) is 9.16. The number of carbonyl (C=O) groups is 2. The number of anilines is 2. The van der Waals surface area contributed by atoms with Gasteiger partial charge in [0.25, 0.3) is 11.8 Å². The predicted octanol–water partition coefficient (Wildman–Crippen LogP) is 4.50. The van der Waals surface area contributed by atoms with Gasteiger partial charge in [0.1, 0.15) is 11.7 Å². The van der Waals surface area contributed by atoms with Crippen LogP contribution in [0.4, 0.5) is 15.8 Å². The second kappa shape index (κ2) is 13.0. The summed E-state index contributed by atoms with van der Waals surface area (Å²) in [5.74, 6) is 3.08. The smallest absolute Gasteiger partial charge is 0.258 e. The summed E-state index contributed by atoms with van der Waals surface area (Å²) in [6.07, 6.45) is 11.7. The van der Waals surface area contributed by atoms with Crippen molar-refractivity contribution in [1.29, 1.82) is 5.41 Å². The molecule has 39 heavy (non-hydrogen) atoms. The third-order valence-electron chi connectivity index (χ3n) is 5.96.